The molecule has 86 valence electrons. The first-order chi connectivity index (χ1) is 8.15. The molecule has 0 heterocycles. The first-order valence-electron chi connectivity index (χ1n) is 5.22. The maximum Gasteiger partial charge on any atom is 0.115 e. The molecule has 0 fully saturated rings. The van der Waals surface area contributed by atoms with E-state index >= 15 is 0 Å². The average molecular weight is 227 g/mol. The first-order valence-corrected chi connectivity index (χ1v) is 5.22. The molecule has 0 aliphatic carbocycles. The molecule has 0 aliphatic heterocycles. The Labute approximate surface area is 99.4 Å². The molecule has 0 aromatic heterocycles. The Bertz CT molecular complexity index is 547. The van der Waals surface area contributed by atoms with Gasteiger partial charge in [-0.05, 0) is 55.0 Å². The van der Waals surface area contributed by atoms with E-state index in [4.69, 9.17) is 5.73 Å². The van der Waals surface area contributed by atoms with Crippen LogP contribution in [0.4, 0.5) is 17.1 Å². The van der Waals surface area contributed by atoms with Gasteiger partial charge < -0.3 is 10.8 Å². The van der Waals surface area contributed by atoms with Crippen molar-refractivity contribution in [2.75, 3.05) is 5.73 Å². The number of nitrogens with two attached hydrogens (primary N) is 1. The third-order valence-corrected chi connectivity index (χ3v) is 2.35. The predicted octanol–water partition coefficient (Wildman–Crippen LogP) is 3.70. The fourth-order valence-electron chi connectivity index (χ4n) is 1.40. The fraction of sp³-hybridized carbons (Fsp3) is 0.0769. The molecule has 0 unspecified atom stereocenters. The van der Waals surface area contributed by atoms with Gasteiger partial charge in [-0.1, -0.05) is 0 Å². The number of hydrogen-bond donors (Lipinski definition) is 2. The van der Waals surface area contributed by atoms with E-state index in [9.17, 15) is 5.11 Å². The van der Waals surface area contributed by atoms with Gasteiger partial charge in [-0.3, -0.25) is 0 Å². The Hall–Kier alpha value is -2.36. The minimum atomic E-state index is 0.230. The van der Waals surface area contributed by atoms with Crippen LogP contribution in [0.1, 0.15) is 5.56 Å². The van der Waals surface area contributed by atoms with Gasteiger partial charge >= 0.3 is 0 Å². The molecule has 0 radical (unpaired) electrons. The summed E-state index contributed by atoms with van der Waals surface area (Å²) in [4.78, 5) is 0. The molecule has 4 nitrogen and oxygen atoms in total. The zero-order valence-corrected chi connectivity index (χ0v) is 9.46. The number of rotatable bonds is 2. The molecule has 0 aliphatic rings. The SMILES string of the molecule is Cc1cc(O)ccc1N=Nc1ccc(N)cc1. The Kier molecular flexibility index (Phi) is 3.05. The Balaban J connectivity index is 2.23. The van der Waals surface area contributed by atoms with Crippen LogP contribution in [0.5, 0.6) is 5.75 Å². The van der Waals surface area contributed by atoms with E-state index < -0.39 is 0 Å². The standard InChI is InChI=1S/C13H13N3O/c1-9-8-12(17)6-7-13(9)16-15-11-4-2-10(14)3-5-11/h2-8,17H,14H2,1H3. The highest BCUT2D eigenvalue weighted by atomic mass is 16.3. The summed E-state index contributed by atoms with van der Waals surface area (Å²) < 4.78 is 0. The largest absolute Gasteiger partial charge is 0.508 e. The Morgan fingerprint density at radius 2 is 1.71 bits per heavy atom. The van der Waals surface area contributed by atoms with Gasteiger partial charge in [-0.2, -0.15) is 10.2 Å². The quantitative estimate of drug-likeness (QED) is 0.606. The zero-order valence-electron chi connectivity index (χ0n) is 9.46. The molecule has 3 N–H and O–H groups in total. The summed E-state index contributed by atoms with van der Waals surface area (Å²) in [6.45, 7) is 1.87. The molecule has 0 spiro atoms. The van der Waals surface area contributed by atoms with Gasteiger partial charge in [0.1, 0.15) is 5.75 Å². The highest BCUT2D eigenvalue weighted by Gasteiger charge is 1.97. The van der Waals surface area contributed by atoms with Gasteiger partial charge in [0.2, 0.25) is 0 Å². The number of phenolic OH excluding ortho intramolecular Hbond substituents is 1. The highest BCUT2D eigenvalue weighted by Crippen LogP contribution is 2.25. The minimum Gasteiger partial charge on any atom is -0.508 e. The molecule has 2 aromatic carbocycles. The van der Waals surface area contributed by atoms with Crippen LogP contribution >= 0.6 is 0 Å². The average Bonchev–Trinajstić information content (AvgIpc) is 2.30. The maximum absolute atomic E-state index is 9.27. The van der Waals surface area contributed by atoms with Crippen LogP contribution in [0.3, 0.4) is 0 Å². The molecule has 0 saturated heterocycles. The molecule has 0 saturated carbocycles. The summed E-state index contributed by atoms with van der Waals surface area (Å²) >= 11 is 0. The number of benzene rings is 2. The van der Waals surface area contributed by atoms with Crippen molar-refractivity contribution in [2.24, 2.45) is 10.2 Å². The lowest BCUT2D eigenvalue weighted by Gasteiger charge is -1.99. The van der Waals surface area contributed by atoms with Crippen molar-refractivity contribution in [2.45, 2.75) is 6.92 Å². The second-order valence-corrected chi connectivity index (χ2v) is 3.76. The molecule has 17 heavy (non-hydrogen) atoms. The first kappa shape index (κ1) is 11.1. The van der Waals surface area contributed by atoms with Gasteiger partial charge in [-0.25, -0.2) is 0 Å². The monoisotopic (exact) mass is 227 g/mol. The van der Waals surface area contributed by atoms with Crippen molar-refractivity contribution >= 4 is 17.1 Å². The number of azo groups is 1. The third-order valence-electron chi connectivity index (χ3n) is 2.35. The molecule has 4 heteroatoms. The lowest BCUT2D eigenvalue weighted by Crippen LogP contribution is -1.80. The lowest BCUT2D eigenvalue weighted by atomic mass is 10.2. The van der Waals surface area contributed by atoms with Gasteiger partial charge in [0.15, 0.2) is 0 Å². The van der Waals surface area contributed by atoms with E-state index in [0.717, 1.165) is 16.9 Å². The highest BCUT2D eigenvalue weighted by molar-refractivity contribution is 5.50. The number of aromatic hydroxyl groups is 1. The Morgan fingerprint density at radius 1 is 1.00 bits per heavy atom. The van der Waals surface area contributed by atoms with Crippen LogP contribution in [-0.4, -0.2) is 5.11 Å². The number of phenols is 1. The van der Waals surface area contributed by atoms with Crippen molar-refractivity contribution < 1.29 is 5.11 Å². The van der Waals surface area contributed by atoms with Crippen LogP contribution in [0, 0.1) is 6.92 Å². The molecule has 2 rings (SSSR count). The van der Waals surface area contributed by atoms with Gasteiger partial charge in [0.25, 0.3) is 0 Å². The van der Waals surface area contributed by atoms with E-state index in [0.29, 0.717) is 5.69 Å². The summed E-state index contributed by atoms with van der Waals surface area (Å²) in [6, 6.07) is 12.1. The number of anilines is 1. The van der Waals surface area contributed by atoms with Crippen molar-refractivity contribution in [1.29, 1.82) is 0 Å². The van der Waals surface area contributed by atoms with E-state index in [2.05, 4.69) is 10.2 Å². The number of nitrogen functional groups attached to an aromatic ring is 1. The lowest BCUT2D eigenvalue weighted by molar-refractivity contribution is 0.475. The third kappa shape index (κ3) is 2.81. The van der Waals surface area contributed by atoms with Crippen LogP contribution in [-0.2, 0) is 0 Å². The summed E-state index contributed by atoms with van der Waals surface area (Å²) in [7, 11) is 0. The van der Waals surface area contributed by atoms with E-state index in [-0.39, 0.29) is 5.75 Å². The van der Waals surface area contributed by atoms with Crippen LogP contribution in [0.15, 0.2) is 52.7 Å². The van der Waals surface area contributed by atoms with E-state index in [1.165, 1.54) is 0 Å². The summed E-state index contributed by atoms with van der Waals surface area (Å²) in [5.74, 6) is 0.230. The van der Waals surface area contributed by atoms with E-state index in [1.54, 1.807) is 42.5 Å². The van der Waals surface area contributed by atoms with Crippen LogP contribution in [0.25, 0.3) is 0 Å². The molecular formula is C13H13N3O. The smallest absolute Gasteiger partial charge is 0.115 e. The second-order valence-electron chi connectivity index (χ2n) is 3.76. The molecular weight excluding hydrogens is 214 g/mol. The molecule has 0 bridgehead atoms. The van der Waals surface area contributed by atoms with Gasteiger partial charge in [0.05, 0.1) is 11.4 Å². The normalized spacial score (nSPS) is 10.9. The van der Waals surface area contributed by atoms with Gasteiger partial charge in [0, 0.05) is 5.69 Å². The maximum atomic E-state index is 9.27. The van der Waals surface area contributed by atoms with Crippen molar-refractivity contribution in [1.82, 2.24) is 0 Å². The molecule has 0 amide bonds. The van der Waals surface area contributed by atoms with Crippen molar-refractivity contribution in [3.05, 3.63) is 48.0 Å². The van der Waals surface area contributed by atoms with E-state index in [1.807, 2.05) is 6.92 Å². The van der Waals surface area contributed by atoms with Crippen molar-refractivity contribution in [3.63, 3.8) is 0 Å². The molecule has 0 atom stereocenters. The topological polar surface area (TPSA) is 71.0 Å². The summed E-state index contributed by atoms with van der Waals surface area (Å²) in [5, 5.41) is 17.5. The van der Waals surface area contributed by atoms with Gasteiger partial charge in [-0.15, -0.1) is 0 Å². The number of nitrogens with zero attached hydrogens (tertiary/aromatic N) is 2. The minimum absolute atomic E-state index is 0.230. The summed E-state index contributed by atoms with van der Waals surface area (Å²) in [5.41, 5.74) is 8.63. The number of aryl methyl sites for hydroxylation is 1. The fourth-order valence-corrected chi connectivity index (χ4v) is 1.40. The van der Waals surface area contributed by atoms with Crippen LogP contribution < -0.4 is 5.73 Å². The number of hydrogen-bond acceptors (Lipinski definition) is 4. The Morgan fingerprint density at radius 3 is 2.35 bits per heavy atom. The van der Waals surface area contributed by atoms with Crippen molar-refractivity contribution in [3.8, 4) is 5.75 Å². The molecule has 2 aromatic rings. The zero-order chi connectivity index (χ0) is 12.3. The second kappa shape index (κ2) is 4.65. The van der Waals surface area contributed by atoms with Crippen LogP contribution in [0.2, 0.25) is 0 Å². The predicted molar refractivity (Wildman–Crippen MR) is 67.9 cm³/mol. The summed E-state index contributed by atoms with van der Waals surface area (Å²) in [6.07, 6.45) is 0.